The van der Waals surface area contributed by atoms with Crippen LogP contribution >= 0.6 is 0 Å². The lowest BCUT2D eigenvalue weighted by molar-refractivity contribution is -0.125. The largest absolute Gasteiger partial charge is 0.358 e. The van der Waals surface area contributed by atoms with E-state index in [2.05, 4.69) is 15.5 Å². The van der Waals surface area contributed by atoms with Gasteiger partial charge in [-0.05, 0) is 19.8 Å². The Morgan fingerprint density at radius 3 is 2.84 bits per heavy atom. The van der Waals surface area contributed by atoms with Crippen molar-refractivity contribution in [1.29, 1.82) is 0 Å². The van der Waals surface area contributed by atoms with Crippen molar-refractivity contribution in [2.45, 2.75) is 37.1 Å². The van der Waals surface area contributed by atoms with Crippen molar-refractivity contribution in [1.82, 2.24) is 19.8 Å². The summed E-state index contributed by atoms with van der Waals surface area (Å²) >= 11 is 0. The van der Waals surface area contributed by atoms with Crippen molar-refractivity contribution < 1.29 is 13.2 Å². The molecule has 0 saturated carbocycles. The monoisotopic (exact) mass is 286 g/mol. The standard InChI is InChI=1S/C11H18N4O3S/c1-8-10(7-13-14-8)19(17,18)15-6-4-3-5-9(15)11(16)12-2/h7,9H,3-6H2,1-2H3,(H,12,16)(H,13,14). The van der Waals surface area contributed by atoms with Crippen LogP contribution in [0.1, 0.15) is 25.0 Å². The highest BCUT2D eigenvalue weighted by Crippen LogP contribution is 2.26. The molecule has 0 spiro atoms. The molecule has 0 aromatic carbocycles. The Morgan fingerprint density at radius 1 is 1.53 bits per heavy atom. The van der Waals surface area contributed by atoms with Crippen LogP contribution in [0.15, 0.2) is 11.1 Å². The van der Waals surface area contributed by atoms with Gasteiger partial charge in [-0.15, -0.1) is 0 Å². The number of aryl methyl sites for hydroxylation is 1. The highest BCUT2D eigenvalue weighted by atomic mass is 32.2. The molecule has 7 nitrogen and oxygen atoms in total. The summed E-state index contributed by atoms with van der Waals surface area (Å²) in [4.78, 5) is 12.0. The zero-order valence-corrected chi connectivity index (χ0v) is 11.8. The lowest BCUT2D eigenvalue weighted by atomic mass is 10.0. The Bertz CT molecular complexity index is 566. The molecule has 2 heterocycles. The number of nitrogens with zero attached hydrogens (tertiary/aromatic N) is 2. The van der Waals surface area contributed by atoms with Gasteiger partial charge in [0.05, 0.1) is 11.9 Å². The normalized spacial score (nSPS) is 21.3. The summed E-state index contributed by atoms with van der Waals surface area (Å²) in [5, 5.41) is 8.89. The third-order valence-electron chi connectivity index (χ3n) is 3.37. The Hall–Kier alpha value is -1.41. The number of carbonyl (C=O) groups is 1. The van der Waals surface area contributed by atoms with Crippen LogP contribution in [0, 0.1) is 6.92 Å². The van der Waals surface area contributed by atoms with Crippen LogP contribution < -0.4 is 5.32 Å². The Balaban J connectivity index is 2.37. The molecule has 8 heteroatoms. The number of piperidine rings is 1. The molecular formula is C11H18N4O3S. The summed E-state index contributed by atoms with van der Waals surface area (Å²) in [5.41, 5.74) is 0.487. The molecule has 1 aliphatic heterocycles. The van der Waals surface area contributed by atoms with Crippen molar-refractivity contribution >= 4 is 15.9 Å². The fourth-order valence-electron chi connectivity index (χ4n) is 2.35. The van der Waals surface area contributed by atoms with Gasteiger partial charge in [-0.1, -0.05) is 6.42 Å². The number of hydrogen-bond donors (Lipinski definition) is 2. The molecule has 1 fully saturated rings. The summed E-state index contributed by atoms with van der Waals surface area (Å²) in [7, 11) is -2.16. The second-order valence-corrected chi connectivity index (χ2v) is 6.46. The number of rotatable bonds is 3. The fraction of sp³-hybridized carbons (Fsp3) is 0.636. The SMILES string of the molecule is CNC(=O)C1CCCCN1S(=O)(=O)c1cn[nH]c1C. The highest BCUT2D eigenvalue weighted by Gasteiger charge is 2.38. The van der Waals surface area contributed by atoms with Gasteiger partial charge in [-0.3, -0.25) is 9.89 Å². The van der Waals surface area contributed by atoms with E-state index in [0.717, 1.165) is 12.8 Å². The third-order valence-corrected chi connectivity index (χ3v) is 5.39. The maximum absolute atomic E-state index is 12.6. The lowest BCUT2D eigenvalue weighted by Crippen LogP contribution is -2.51. The van der Waals surface area contributed by atoms with Crippen molar-refractivity contribution in [3.05, 3.63) is 11.9 Å². The predicted octanol–water partition coefficient (Wildman–Crippen LogP) is 0.00732. The van der Waals surface area contributed by atoms with E-state index in [1.807, 2.05) is 0 Å². The number of aromatic nitrogens is 2. The molecule has 1 unspecified atom stereocenters. The van der Waals surface area contributed by atoms with Crippen LogP contribution in [-0.4, -0.2) is 48.5 Å². The number of aromatic amines is 1. The van der Waals surface area contributed by atoms with E-state index in [9.17, 15) is 13.2 Å². The van der Waals surface area contributed by atoms with Gasteiger partial charge in [-0.2, -0.15) is 9.40 Å². The van der Waals surface area contributed by atoms with Crippen molar-refractivity contribution in [2.75, 3.05) is 13.6 Å². The predicted molar refractivity (Wildman–Crippen MR) is 68.9 cm³/mol. The maximum atomic E-state index is 12.6. The molecule has 19 heavy (non-hydrogen) atoms. The smallest absolute Gasteiger partial charge is 0.247 e. The highest BCUT2D eigenvalue weighted by molar-refractivity contribution is 7.89. The van der Waals surface area contributed by atoms with Crippen molar-refractivity contribution in [2.24, 2.45) is 0 Å². The van der Waals surface area contributed by atoms with E-state index in [0.29, 0.717) is 18.7 Å². The molecule has 0 aliphatic carbocycles. The van der Waals surface area contributed by atoms with E-state index in [1.54, 1.807) is 6.92 Å². The summed E-state index contributed by atoms with van der Waals surface area (Å²) < 4.78 is 26.5. The summed E-state index contributed by atoms with van der Waals surface area (Å²) in [6.07, 6.45) is 3.47. The first-order valence-corrected chi connectivity index (χ1v) is 7.66. The summed E-state index contributed by atoms with van der Waals surface area (Å²) in [6, 6.07) is -0.627. The maximum Gasteiger partial charge on any atom is 0.247 e. The molecule has 1 amide bonds. The molecular weight excluding hydrogens is 268 g/mol. The first kappa shape index (κ1) is 14.0. The van der Waals surface area contributed by atoms with Gasteiger partial charge in [0.2, 0.25) is 15.9 Å². The van der Waals surface area contributed by atoms with Gasteiger partial charge >= 0.3 is 0 Å². The number of hydrogen-bond acceptors (Lipinski definition) is 4. The third kappa shape index (κ3) is 2.50. The minimum absolute atomic E-state index is 0.142. The minimum Gasteiger partial charge on any atom is -0.358 e. The molecule has 2 N–H and O–H groups in total. The average Bonchev–Trinajstić information content (AvgIpc) is 2.85. The van der Waals surface area contributed by atoms with Gasteiger partial charge in [0, 0.05) is 13.6 Å². The van der Waals surface area contributed by atoms with Crippen LogP contribution in [0.2, 0.25) is 0 Å². The van der Waals surface area contributed by atoms with Crippen LogP contribution in [0.4, 0.5) is 0 Å². The van der Waals surface area contributed by atoms with E-state index in [4.69, 9.17) is 0 Å². The number of amides is 1. The van der Waals surface area contributed by atoms with Crippen LogP contribution in [0.25, 0.3) is 0 Å². The quantitative estimate of drug-likeness (QED) is 0.818. The molecule has 1 atom stereocenters. The molecule has 1 aliphatic rings. The van der Waals surface area contributed by atoms with Crippen LogP contribution in [0.3, 0.4) is 0 Å². The molecule has 1 aromatic rings. The van der Waals surface area contributed by atoms with Crippen LogP contribution in [-0.2, 0) is 14.8 Å². The van der Waals surface area contributed by atoms with E-state index >= 15 is 0 Å². The molecule has 2 rings (SSSR count). The summed E-state index contributed by atoms with van der Waals surface area (Å²) in [6.45, 7) is 2.02. The van der Waals surface area contributed by atoms with E-state index < -0.39 is 16.1 Å². The Labute approximate surface area is 112 Å². The molecule has 1 aromatic heterocycles. The lowest BCUT2D eigenvalue weighted by Gasteiger charge is -2.33. The Kier molecular flexibility index (Phi) is 3.91. The number of nitrogens with one attached hydrogen (secondary N) is 2. The minimum atomic E-state index is -3.67. The first-order valence-electron chi connectivity index (χ1n) is 6.22. The second kappa shape index (κ2) is 5.30. The first-order chi connectivity index (χ1) is 8.98. The molecule has 0 radical (unpaired) electrons. The van der Waals surface area contributed by atoms with Crippen LogP contribution in [0.5, 0.6) is 0 Å². The van der Waals surface area contributed by atoms with Gasteiger partial charge < -0.3 is 5.32 Å². The number of likely N-dealkylation sites (N-methyl/N-ethyl adjacent to an activating group) is 1. The molecule has 106 valence electrons. The topological polar surface area (TPSA) is 95.2 Å². The van der Waals surface area contributed by atoms with Crippen molar-refractivity contribution in [3.63, 3.8) is 0 Å². The number of sulfonamides is 1. The zero-order chi connectivity index (χ0) is 14.0. The number of carbonyl (C=O) groups excluding carboxylic acids is 1. The van der Waals surface area contributed by atoms with Gasteiger partial charge in [-0.25, -0.2) is 8.42 Å². The molecule has 1 saturated heterocycles. The fourth-order valence-corrected chi connectivity index (χ4v) is 4.12. The van der Waals surface area contributed by atoms with E-state index in [-0.39, 0.29) is 10.8 Å². The second-order valence-electron chi connectivity index (χ2n) is 4.60. The Morgan fingerprint density at radius 2 is 2.26 bits per heavy atom. The van der Waals surface area contributed by atoms with Gasteiger partial charge in [0.25, 0.3) is 0 Å². The van der Waals surface area contributed by atoms with Gasteiger partial charge in [0.1, 0.15) is 10.9 Å². The van der Waals surface area contributed by atoms with Crippen molar-refractivity contribution in [3.8, 4) is 0 Å². The van der Waals surface area contributed by atoms with E-state index in [1.165, 1.54) is 17.5 Å². The molecule has 0 bridgehead atoms. The van der Waals surface area contributed by atoms with Gasteiger partial charge in [0.15, 0.2) is 0 Å². The summed E-state index contributed by atoms with van der Waals surface area (Å²) in [5.74, 6) is -0.260. The zero-order valence-electron chi connectivity index (χ0n) is 11.0. The number of H-pyrrole nitrogens is 1. The average molecular weight is 286 g/mol.